The Balaban J connectivity index is 1.49. The van der Waals surface area contributed by atoms with Gasteiger partial charge in [0.2, 0.25) is 5.91 Å². The predicted molar refractivity (Wildman–Crippen MR) is 118 cm³/mol. The molecule has 2 aliphatic heterocycles. The van der Waals surface area contributed by atoms with E-state index in [1.54, 1.807) is 12.1 Å². The number of carboxylic acids is 1. The number of amides is 1. The number of carbonyl (C=O) groups is 2. The molecule has 0 fully saturated rings. The second-order valence-electron chi connectivity index (χ2n) is 7.66. The normalized spacial score (nSPS) is 19.7. The minimum absolute atomic E-state index is 0.0535. The van der Waals surface area contributed by atoms with Crippen molar-refractivity contribution in [3.8, 4) is 5.75 Å². The van der Waals surface area contributed by atoms with Crippen molar-refractivity contribution in [2.75, 3.05) is 13.7 Å². The Labute approximate surface area is 186 Å². The van der Waals surface area contributed by atoms with Crippen molar-refractivity contribution in [2.45, 2.75) is 25.7 Å². The van der Waals surface area contributed by atoms with Gasteiger partial charge in [-0.1, -0.05) is 42.5 Å². The molecule has 32 heavy (non-hydrogen) atoms. The number of carbonyl (C=O) groups excluding carboxylic acids is 1. The highest BCUT2D eigenvalue weighted by Gasteiger charge is 2.44. The topological polar surface area (TPSA) is 100 Å². The van der Waals surface area contributed by atoms with Crippen molar-refractivity contribution < 1.29 is 24.2 Å². The average Bonchev–Trinajstić information content (AvgIpc) is 3.14. The number of hydrogen-bond acceptors (Lipinski definition) is 6. The Bertz CT molecular complexity index is 1030. The van der Waals surface area contributed by atoms with Crippen LogP contribution in [0.3, 0.4) is 0 Å². The van der Waals surface area contributed by atoms with Gasteiger partial charge >= 0.3 is 5.97 Å². The molecule has 2 aliphatic rings. The van der Waals surface area contributed by atoms with Crippen LogP contribution in [0, 0.1) is 5.92 Å². The number of hydrazone groups is 1. The fraction of sp³-hybridized carbons (Fsp3) is 0.292. The fourth-order valence-corrected chi connectivity index (χ4v) is 3.96. The van der Waals surface area contributed by atoms with Gasteiger partial charge in [-0.05, 0) is 23.3 Å². The van der Waals surface area contributed by atoms with Gasteiger partial charge < -0.3 is 19.9 Å². The van der Waals surface area contributed by atoms with E-state index in [9.17, 15) is 14.7 Å². The van der Waals surface area contributed by atoms with Gasteiger partial charge in [0, 0.05) is 12.5 Å². The van der Waals surface area contributed by atoms with Crippen LogP contribution in [-0.2, 0) is 27.5 Å². The molecule has 0 aromatic heterocycles. The van der Waals surface area contributed by atoms with E-state index in [0.717, 1.165) is 23.0 Å². The molecule has 0 radical (unpaired) electrons. The number of hydrogen-bond donors (Lipinski definition) is 2. The summed E-state index contributed by atoms with van der Waals surface area (Å²) in [6.45, 7) is 1.29. The fourth-order valence-electron chi connectivity index (χ4n) is 3.96. The summed E-state index contributed by atoms with van der Waals surface area (Å²) < 4.78 is 11.0. The molecule has 2 aromatic carbocycles. The van der Waals surface area contributed by atoms with Crippen molar-refractivity contribution in [2.24, 2.45) is 11.0 Å². The first-order valence-corrected chi connectivity index (χ1v) is 10.4. The summed E-state index contributed by atoms with van der Waals surface area (Å²) in [5.74, 6) is -1.32. The lowest BCUT2D eigenvalue weighted by molar-refractivity contribution is -0.134. The van der Waals surface area contributed by atoms with Gasteiger partial charge in [-0.15, -0.1) is 0 Å². The third-order valence-corrected chi connectivity index (χ3v) is 5.53. The predicted octanol–water partition coefficient (Wildman–Crippen LogP) is 2.56. The van der Waals surface area contributed by atoms with Crippen LogP contribution in [0.25, 0.3) is 0 Å². The molecule has 2 N–H and O–H groups in total. The highest BCUT2D eigenvalue weighted by atomic mass is 16.5. The molecule has 0 saturated carbocycles. The summed E-state index contributed by atoms with van der Waals surface area (Å²) >= 11 is 0. The van der Waals surface area contributed by atoms with Crippen LogP contribution in [0.5, 0.6) is 5.75 Å². The summed E-state index contributed by atoms with van der Waals surface area (Å²) in [4.78, 5) is 24.0. The summed E-state index contributed by atoms with van der Waals surface area (Å²) in [6.07, 6.45) is 1.07. The van der Waals surface area contributed by atoms with Crippen LogP contribution >= 0.6 is 0 Å². The van der Waals surface area contributed by atoms with Crippen LogP contribution in [0.2, 0.25) is 0 Å². The second-order valence-corrected chi connectivity index (χ2v) is 7.66. The molecule has 2 heterocycles. The summed E-state index contributed by atoms with van der Waals surface area (Å²) in [6, 6.07) is 17.4. The van der Waals surface area contributed by atoms with E-state index in [1.807, 2.05) is 54.6 Å². The highest BCUT2D eigenvalue weighted by Crippen LogP contribution is 2.32. The maximum atomic E-state index is 12.2. The molecule has 8 heteroatoms. The molecule has 0 aliphatic carbocycles. The number of carboxylic acid groups (broad SMARTS) is 1. The van der Waals surface area contributed by atoms with Crippen molar-refractivity contribution in [3.05, 3.63) is 77.4 Å². The van der Waals surface area contributed by atoms with Crippen LogP contribution in [0.15, 0.2) is 71.3 Å². The van der Waals surface area contributed by atoms with E-state index in [-0.39, 0.29) is 5.57 Å². The maximum Gasteiger partial charge on any atom is 0.332 e. The van der Waals surface area contributed by atoms with Gasteiger partial charge in [0.25, 0.3) is 0 Å². The van der Waals surface area contributed by atoms with Crippen LogP contribution in [-0.4, -0.2) is 47.6 Å². The maximum absolute atomic E-state index is 12.2. The van der Waals surface area contributed by atoms with E-state index in [0.29, 0.717) is 31.9 Å². The largest absolute Gasteiger partial charge is 0.497 e. The van der Waals surface area contributed by atoms with E-state index in [1.165, 1.54) is 0 Å². The molecular weight excluding hydrogens is 410 g/mol. The number of rotatable bonds is 9. The van der Waals surface area contributed by atoms with Gasteiger partial charge in [-0.3, -0.25) is 9.80 Å². The Morgan fingerprint density at radius 2 is 1.88 bits per heavy atom. The first-order chi connectivity index (χ1) is 15.5. The molecule has 0 spiro atoms. The van der Waals surface area contributed by atoms with Crippen molar-refractivity contribution >= 4 is 17.6 Å². The lowest BCUT2D eigenvalue weighted by Gasteiger charge is -2.31. The third-order valence-electron chi connectivity index (χ3n) is 5.53. The number of fused-ring (bicyclic) bond motifs is 1. The zero-order valence-corrected chi connectivity index (χ0v) is 17.7. The van der Waals surface area contributed by atoms with E-state index in [2.05, 4.69) is 5.32 Å². The molecule has 2 unspecified atom stereocenters. The Morgan fingerprint density at radius 1 is 1.12 bits per heavy atom. The molecule has 166 valence electrons. The standard InChI is InChI=1S/C24H25N3O5/c1-31-18-9-7-16(8-10-18)14-27-23-22(19(24(29)30)13-21(28)25-23)20(26-27)11-12-32-15-17-5-3-2-4-6-17/h2-10,13,22-23H,11-12,14-15H2,1H3,(H,25,28)(H,29,30). The number of benzene rings is 2. The molecule has 0 saturated heterocycles. The lowest BCUT2D eigenvalue weighted by atomic mass is 9.87. The number of aliphatic carboxylic acids is 1. The van der Waals surface area contributed by atoms with Gasteiger partial charge in [-0.25, -0.2) is 4.79 Å². The van der Waals surface area contributed by atoms with Gasteiger partial charge in [0.1, 0.15) is 11.9 Å². The quantitative estimate of drug-likeness (QED) is 0.587. The third kappa shape index (κ3) is 4.81. The lowest BCUT2D eigenvalue weighted by Crippen LogP contribution is -2.51. The van der Waals surface area contributed by atoms with Crippen molar-refractivity contribution in [3.63, 3.8) is 0 Å². The second kappa shape index (κ2) is 9.65. The molecule has 2 atom stereocenters. The smallest absolute Gasteiger partial charge is 0.332 e. The van der Waals surface area contributed by atoms with E-state index < -0.39 is 24.0 Å². The molecule has 4 rings (SSSR count). The Hall–Kier alpha value is -3.65. The van der Waals surface area contributed by atoms with Crippen LogP contribution < -0.4 is 10.1 Å². The minimum atomic E-state index is -1.11. The number of ether oxygens (including phenoxy) is 2. The zero-order chi connectivity index (χ0) is 22.5. The number of nitrogens with zero attached hydrogens (tertiary/aromatic N) is 2. The SMILES string of the molecule is COc1ccc(CN2N=C(CCOCc3ccccc3)C3C(C(=O)O)=CC(=O)NC32)cc1. The molecular formula is C24H25N3O5. The first-order valence-electron chi connectivity index (χ1n) is 10.4. The Kier molecular flexibility index (Phi) is 6.51. The van der Waals surface area contributed by atoms with Crippen molar-refractivity contribution in [1.29, 1.82) is 0 Å². The molecule has 2 aromatic rings. The van der Waals surface area contributed by atoms with E-state index >= 15 is 0 Å². The number of methoxy groups -OCH3 is 1. The molecule has 0 bridgehead atoms. The average molecular weight is 435 g/mol. The monoisotopic (exact) mass is 435 g/mol. The molecule has 1 amide bonds. The van der Waals surface area contributed by atoms with Crippen LogP contribution in [0.4, 0.5) is 0 Å². The highest BCUT2D eigenvalue weighted by molar-refractivity contribution is 6.07. The summed E-state index contributed by atoms with van der Waals surface area (Å²) in [5, 5.41) is 19.0. The minimum Gasteiger partial charge on any atom is -0.497 e. The summed E-state index contributed by atoms with van der Waals surface area (Å²) in [7, 11) is 1.60. The van der Waals surface area contributed by atoms with Gasteiger partial charge in [0.05, 0.1) is 44.1 Å². The van der Waals surface area contributed by atoms with Crippen molar-refractivity contribution in [1.82, 2.24) is 10.3 Å². The van der Waals surface area contributed by atoms with E-state index in [4.69, 9.17) is 14.6 Å². The summed E-state index contributed by atoms with van der Waals surface area (Å²) in [5.41, 5.74) is 2.77. The Morgan fingerprint density at radius 3 is 2.56 bits per heavy atom. The molecule has 8 nitrogen and oxygen atoms in total. The van der Waals surface area contributed by atoms with Crippen LogP contribution in [0.1, 0.15) is 17.5 Å². The van der Waals surface area contributed by atoms with Gasteiger partial charge in [-0.2, -0.15) is 5.10 Å². The number of nitrogens with one attached hydrogen (secondary N) is 1. The first kappa shape index (κ1) is 21.6. The van der Waals surface area contributed by atoms with Gasteiger partial charge in [0.15, 0.2) is 0 Å². The zero-order valence-electron chi connectivity index (χ0n) is 17.7.